The first-order valence-corrected chi connectivity index (χ1v) is 4.68. The van der Waals surface area contributed by atoms with Crippen molar-refractivity contribution in [3.8, 4) is 0 Å². The number of aliphatic hydroxyl groups excluding tert-OH is 2. The Morgan fingerprint density at radius 3 is 3.00 bits per heavy atom. The maximum Gasteiger partial charge on any atom is 0.280 e. The topological polar surface area (TPSA) is 106 Å². The summed E-state index contributed by atoms with van der Waals surface area (Å²) < 4.78 is 2.45. The van der Waals surface area contributed by atoms with E-state index in [4.69, 9.17) is 5.11 Å². The Labute approximate surface area is 89.7 Å². The predicted molar refractivity (Wildman–Crippen MR) is 53.7 cm³/mol. The first-order valence-electron chi connectivity index (χ1n) is 4.68. The van der Waals surface area contributed by atoms with E-state index < -0.39 is 12.7 Å². The molecule has 2 rings (SSSR count). The van der Waals surface area contributed by atoms with Gasteiger partial charge in [-0.25, -0.2) is 9.36 Å². The van der Waals surface area contributed by atoms with Crippen molar-refractivity contribution in [3.05, 3.63) is 16.6 Å². The van der Waals surface area contributed by atoms with Gasteiger partial charge in [-0.05, 0) is 0 Å². The highest BCUT2D eigenvalue weighted by atomic mass is 16.3. The van der Waals surface area contributed by atoms with Crippen LogP contribution >= 0.6 is 0 Å². The maximum atomic E-state index is 11.8. The summed E-state index contributed by atoms with van der Waals surface area (Å²) in [6, 6.07) is 0. The number of aromatic nitrogens is 5. The van der Waals surface area contributed by atoms with E-state index in [-0.39, 0.29) is 12.1 Å². The van der Waals surface area contributed by atoms with Gasteiger partial charge in [0.05, 0.1) is 25.5 Å². The molecule has 2 aromatic heterocycles. The molecule has 0 bridgehead atoms. The highest BCUT2D eigenvalue weighted by molar-refractivity contribution is 5.72. The summed E-state index contributed by atoms with van der Waals surface area (Å²) >= 11 is 0. The van der Waals surface area contributed by atoms with Crippen molar-refractivity contribution < 1.29 is 10.2 Å². The fraction of sp³-hybridized carbons (Fsp3) is 0.500. The van der Waals surface area contributed by atoms with E-state index in [1.165, 1.54) is 10.9 Å². The molecule has 0 amide bonds. The van der Waals surface area contributed by atoms with Crippen LogP contribution in [0.5, 0.6) is 0 Å². The van der Waals surface area contributed by atoms with Gasteiger partial charge in [-0.2, -0.15) is 5.10 Å². The molecule has 8 heteroatoms. The zero-order valence-electron chi connectivity index (χ0n) is 8.61. The molecular weight excluding hydrogens is 214 g/mol. The fourth-order valence-electron chi connectivity index (χ4n) is 1.35. The van der Waals surface area contributed by atoms with Gasteiger partial charge in [0.15, 0.2) is 5.65 Å². The van der Waals surface area contributed by atoms with Gasteiger partial charge in [-0.3, -0.25) is 4.79 Å². The Balaban J connectivity index is 2.49. The second-order valence-electron chi connectivity index (χ2n) is 3.42. The van der Waals surface area contributed by atoms with Crippen molar-refractivity contribution in [2.24, 2.45) is 7.05 Å². The lowest BCUT2D eigenvalue weighted by Gasteiger charge is -2.07. The molecular formula is C8H11N5O3. The minimum absolute atomic E-state index is 0.0901. The lowest BCUT2D eigenvalue weighted by Crippen LogP contribution is -2.31. The largest absolute Gasteiger partial charge is 0.394 e. The molecule has 1 unspecified atom stereocenters. The van der Waals surface area contributed by atoms with Crippen molar-refractivity contribution in [2.75, 3.05) is 6.61 Å². The molecule has 0 aliphatic rings. The summed E-state index contributed by atoms with van der Waals surface area (Å²) in [7, 11) is 1.66. The summed E-state index contributed by atoms with van der Waals surface area (Å²) in [5.41, 5.74) is 0.00494. The minimum atomic E-state index is -1.03. The van der Waals surface area contributed by atoms with E-state index in [1.807, 2.05) is 0 Å². The first-order chi connectivity index (χ1) is 7.63. The van der Waals surface area contributed by atoms with Crippen LogP contribution in [0.1, 0.15) is 0 Å². The van der Waals surface area contributed by atoms with Crippen molar-refractivity contribution in [3.63, 3.8) is 0 Å². The normalized spacial score (nSPS) is 13.2. The van der Waals surface area contributed by atoms with Crippen LogP contribution in [-0.2, 0) is 13.6 Å². The number of hydrogen-bond acceptors (Lipinski definition) is 6. The molecule has 0 aliphatic heterocycles. The summed E-state index contributed by atoms with van der Waals surface area (Å²) in [5, 5.41) is 29.6. The average Bonchev–Trinajstić information content (AvgIpc) is 2.65. The Morgan fingerprint density at radius 2 is 2.31 bits per heavy atom. The molecule has 0 spiro atoms. The van der Waals surface area contributed by atoms with E-state index in [0.29, 0.717) is 11.0 Å². The molecule has 0 saturated carbocycles. The minimum Gasteiger partial charge on any atom is -0.394 e. The molecule has 16 heavy (non-hydrogen) atoms. The Hall–Kier alpha value is -1.80. The second kappa shape index (κ2) is 3.99. The highest BCUT2D eigenvalue weighted by Gasteiger charge is 2.11. The van der Waals surface area contributed by atoms with Gasteiger partial charge in [0.25, 0.3) is 5.56 Å². The fourth-order valence-corrected chi connectivity index (χ4v) is 1.35. The highest BCUT2D eigenvalue weighted by Crippen LogP contribution is 2.01. The van der Waals surface area contributed by atoms with Crippen LogP contribution in [0.3, 0.4) is 0 Å². The smallest absolute Gasteiger partial charge is 0.280 e. The third-order valence-electron chi connectivity index (χ3n) is 2.21. The zero-order chi connectivity index (χ0) is 11.7. The van der Waals surface area contributed by atoms with E-state index >= 15 is 0 Å². The molecule has 0 aliphatic carbocycles. The number of aryl methyl sites for hydroxylation is 1. The summed E-state index contributed by atoms with van der Waals surface area (Å²) in [5.74, 6) is 0. The molecule has 0 radical (unpaired) electrons. The van der Waals surface area contributed by atoms with Gasteiger partial charge in [-0.15, -0.1) is 5.10 Å². The van der Waals surface area contributed by atoms with Crippen LogP contribution < -0.4 is 5.56 Å². The number of rotatable bonds is 3. The van der Waals surface area contributed by atoms with Crippen LogP contribution in [0, 0.1) is 0 Å². The molecule has 1 atom stereocenters. The van der Waals surface area contributed by atoms with Crippen LogP contribution in [0.15, 0.2) is 11.0 Å². The molecule has 8 nitrogen and oxygen atoms in total. The van der Waals surface area contributed by atoms with E-state index in [0.717, 1.165) is 4.68 Å². The SMILES string of the molecule is Cn1ncc2c(=O)n(CC(O)CO)nnc21. The van der Waals surface area contributed by atoms with Gasteiger partial charge in [0.1, 0.15) is 5.39 Å². The van der Waals surface area contributed by atoms with E-state index in [9.17, 15) is 9.90 Å². The third-order valence-corrected chi connectivity index (χ3v) is 2.21. The van der Waals surface area contributed by atoms with Crippen molar-refractivity contribution in [1.82, 2.24) is 24.8 Å². The van der Waals surface area contributed by atoms with E-state index in [2.05, 4.69) is 15.4 Å². The van der Waals surface area contributed by atoms with E-state index in [1.54, 1.807) is 7.05 Å². The molecule has 2 N–H and O–H groups in total. The molecule has 86 valence electrons. The average molecular weight is 225 g/mol. The lowest BCUT2D eigenvalue weighted by molar-refractivity contribution is 0.0763. The van der Waals surface area contributed by atoms with Gasteiger partial charge >= 0.3 is 0 Å². The number of fused-ring (bicyclic) bond motifs is 1. The van der Waals surface area contributed by atoms with Crippen molar-refractivity contribution in [1.29, 1.82) is 0 Å². The first kappa shape index (κ1) is 10.7. The maximum absolute atomic E-state index is 11.8. The Morgan fingerprint density at radius 1 is 1.56 bits per heavy atom. The Bertz CT molecular complexity index is 560. The third kappa shape index (κ3) is 1.68. The van der Waals surface area contributed by atoms with Crippen molar-refractivity contribution >= 4 is 11.0 Å². The van der Waals surface area contributed by atoms with Gasteiger partial charge < -0.3 is 10.2 Å². The number of hydrogen-bond donors (Lipinski definition) is 2. The standard InChI is InChI=1S/C8H11N5O3/c1-12-7-6(2-9-12)8(16)13(11-10-7)3-5(15)4-14/h2,5,14-15H,3-4H2,1H3. The number of aliphatic hydroxyl groups is 2. The molecule has 0 aromatic carbocycles. The summed E-state index contributed by atoms with van der Waals surface area (Å²) in [6.07, 6.45) is 0.370. The van der Waals surface area contributed by atoms with Gasteiger partial charge in [0.2, 0.25) is 0 Å². The van der Waals surface area contributed by atoms with Crippen LogP contribution in [-0.4, -0.2) is 47.7 Å². The quantitative estimate of drug-likeness (QED) is 0.618. The number of nitrogens with zero attached hydrogens (tertiary/aromatic N) is 5. The van der Waals surface area contributed by atoms with Crippen molar-refractivity contribution in [2.45, 2.75) is 12.6 Å². The van der Waals surface area contributed by atoms with Gasteiger partial charge in [0, 0.05) is 7.05 Å². The summed E-state index contributed by atoms with van der Waals surface area (Å²) in [4.78, 5) is 11.8. The molecule has 2 heterocycles. The second-order valence-corrected chi connectivity index (χ2v) is 3.42. The monoisotopic (exact) mass is 225 g/mol. The molecule has 2 aromatic rings. The zero-order valence-corrected chi connectivity index (χ0v) is 8.61. The van der Waals surface area contributed by atoms with Crippen LogP contribution in [0.4, 0.5) is 0 Å². The van der Waals surface area contributed by atoms with Crippen LogP contribution in [0.2, 0.25) is 0 Å². The van der Waals surface area contributed by atoms with Gasteiger partial charge in [-0.1, -0.05) is 5.21 Å². The van der Waals surface area contributed by atoms with Crippen LogP contribution in [0.25, 0.3) is 11.0 Å². The molecule has 0 saturated heterocycles. The molecule has 0 fully saturated rings. The predicted octanol–water partition coefficient (Wildman–Crippen LogP) is -2.12. The summed E-state index contributed by atoms with van der Waals surface area (Å²) in [6.45, 7) is -0.521. The lowest BCUT2D eigenvalue weighted by atomic mass is 10.3. The Kier molecular flexibility index (Phi) is 2.67.